The normalized spacial score (nSPS) is 12.4. The van der Waals surface area contributed by atoms with Gasteiger partial charge < -0.3 is 14.6 Å². The Bertz CT molecular complexity index is 915. The first kappa shape index (κ1) is 17.0. The summed E-state index contributed by atoms with van der Waals surface area (Å²) in [5.74, 6) is 0.319. The summed E-state index contributed by atoms with van der Waals surface area (Å²) in [5, 5.41) is 7.73. The summed E-state index contributed by atoms with van der Waals surface area (Å²) in [6, 6.07) is 3.85. The minimum absolute atomic E-state index is 0.220. The number of fused-ring (bicyclic) bond motifs is 1. The van der Waals surface area contributed by atoms with E-state index in [1.54, 1.807) is 28.9 Å². The molecule has 0 aliphatic carbocycles. The standard InChI is InChI=1S/C18H21FN4O2/c1-11-15-7-14(19)5-6-16(15)25-17(11)12(2)21-18(24)22(3)9-13-8-20-23(4)10-13/h5-8,10,12H,9H2,1-4H3,(H,21,24)/t12-/m1/s1. The van der Waals surface area contributed by atoms with Crippen LogP contribution < -0.4 is 5.32 Å². The van der Waals surface area contributed by atoms with Gasteiger partial charge in [-0.1, -0.05) is 0 Å². The molecule has 0 fully saturated rings. The SMILES string of the molecule is Cc1c([C@@H](C)NC(=O)N(C)Cc2cnn(C)c2)oc2ccc(F)cc12. The molecule has 1 N–H and O–H groups in total. The van der Waals surface area contributed by atoms with Crippen LogP contribution in [0.5, 0.6) is 0 Å². The van der Waals surface area contributed by atoms with E-state index in [0.717, 1.165) is 16.5 Å². The third kappa shape index (κ3) is 3.50. The Morgan fingerprint density at radius 1 is 1.48 bits per heavy atom. The monoisotopic (exact) mass is 344 g/mol. The molecule has 0 aliphatic rings. The molecule has 7 heteroatoms. The highest BCUT2D eigenvalue weighted by Crippen LogP contribution is 2.30. The lowest BCUT2D eigenvalue weighted by atomic mass is 10.1. The van der Waals surface area contributed by atoms with E-state index < -0.39 is 0 Å². The lowest BCUT2D eigenvalue weighted by molar-refractivity contribution is 0.202. The predicted molar refractivity (Wildman–Crippen MR) is 92.5 cm³/mol. The van der Waals surface area contributed by atoms with Crippen molar-refractivity contribution in [3.05, 3.63) is 53.3 Å². The number of furan rings is 1. The zero-order valence-electron chi connectivity index (χ0n) is 14.7. The van der Waals surface area contributed by atoms with Crippen molar-refractivity contribution in [2.75, 3.05) is 7.05 Å². The molecule has 0 saturated carbocycles. The summed E-state index contributed by atoms with van der Waals surface area (Å²) in [7, 11) is 3.55. The van der Waals surface area contributed by atoms with E-state index in [-0.39, 0.29) is 17.9 Å². The van der Waals surface area contributed by atoms with Gasteiger partial charge in [-0.25, -0.2) is 9.18 Å². The number of rotatable bonds is 4. The minimum atomic E-state index is -0.334. The second-order valence-electron chi connectivity index (χ2n) is 6.28. The van der Waals surface area contributed by atoms with Crippen LogP contribution in [0.2, 0.25) is 0 Å². The second kappa shape index (κ2) is 6.58. The molecular weight excluding hydrogens is 323 g/mol. The van der Waals surface area contributed by atoms with Crippen LogP contribution in [-0.2, 0) is 13.6 Å². The molecule has 0 radical (unpaired) electrons. The first-order valence-corrected chi connectivity index (χ1v) is 8.03. The average Bonchev–Trinajstić information content (AvgIpc) is 3.11. The van der Waals surface area contributed by atoms with Crippen LogP contribution in [0.25, 0.3) is 11.0 Å². The zero-order valence-corrected chi connectivity index (χ0v) is 14.7. The highest BCUT2D eigenvalue weighted by atomic mass is 19.1. The van der Waals surface area contributed by atoms with E-state index in [1.807, 2.05) is 27.1 Å². The number of urea groups is 1. The number of halogens is 1. The largest absolute Gasteiger partial charge is 0.459 e. The van der Waals surface area contributed by atoms with Crippen molar-refractivity contribution >= 4 is 17.0 Å². The van der Waals surface area contributed by atoms with Gasteiger partial charge in [-0.3, -0.25) is 4.68 Å². The number of nitrogens with zero attached hydrogens (tertiary/aromatic N) is 3. The number of aromatic nitrogens is 2. The molecule has 132 valence electrons. The number of nitrogens with one attached hydrogen (secondary N) is 1. The summed E-state index contributed by atoms with van der Waals surface area (Å²) >= 11 is 0. The molecule has 2 aromatic heterocycles. The number of benzene rings is 1. The second-order valence-corrected chi connectivity index (χ2v) is 6.28. The Hall–Kier alpha value is -2.83. The molecule has 25 heavy (non-hydrogen) atoms. The van der Waals surface area contributed by atoms with Crippen molar-refractivity contribution in [3.63, 3.8) is 0 Å². The maximum absolute atomic E-state index is 13.4. The van der Waals surface area contributed by atoms with Crippen LogP contribution >= 0.6 is 0 Å². The first-order valence-electron chi connectivity index (χ1n) is 8.03. The quantitative estimate of drug-likeness (QED) is 0.788. The molecule has 0 spiro atoms. The molecule has 2 heterocycles. The number of aryl methyl sites for hydroxylation is 2. The molecule has 0 bridgehead atoms. The fourth-order valence-corrected chi connectivity index (χ4v) is 2.89. The highest BCUT2D eigenvalue weighted by Gasteiger charge is 2.20. The fraction of sp³-hybridized carbons (Fsp3) is 0.333. The van der Waals surface area contributed by atoms with Crippen LogP contribution in [-0.4, -0.2) is 27.8 Å². The van der Waals surface area contributed by atoms with Crippen LogP contribution in [0, 0.1) is 12.7 Å². The average molecular weight is 344 g/mol. The third-order valence-electron chi connectivity index (χ3n) is 4.19. The summed E-state index contributed by atoms with van der Waals surface area (Å²) < 4.78 is 20.9. The van der Waals surface area contributed by atoms with Crippen LogP contribution in [0.4, 0.5) is 9.18 Å². The summed E-state index contributed by atoms with van der Waals surface area (Å²) in [4.78, 5) is 14.0. The van der Waals surface area contributed by atoms with E-state index >= 15 is 0 Å². The van der Waals surface area contributed by atoms with Gasteiger partial charge in [0, 0.05) is 36.8 Å². The van der Waals surface area contributed by atoms with Crippen LogP contribution in [0.1, 0.15) is 29.9 Å². The Balaban J connectivity index is 1.72. The predicted octanol–water partition coefficient (Wildman–Crippen LogP) is 3.52. The summed E-state index contributed by atoms with van der Waals surface area (Å²) in [6.45, 7) is 4.16. The Kier molecular flexibility index (Phi) is 4.48. The van der Waals surface area contributed by atoms with Gasteiger partial charge in [-0.05, 0) is 32.0 Å². The Labute approximate surface area is 145 Å². The van der Waals surface area contributed by atoms with E-state index in [4.69, 9.17) is 4.42 Å². The van der Waals surface area contributed by atoms with Gasteiger partial charge in [0.2, 0.25) is 0 Å². The minimum Gasteiger partial charge on any atom is -0.459 e. The highest BCUT2D eigenvalue weighted by molar-refractivity contribution is 5.82. The van der Waals surface area contributed by atoms with Crippen molar-refractivity contribution in [3.8, 4) is 0 Å². The topological polar surface area (TPSA) is 63.3 Å². The Morgan fingerprint density at radius 3 is 2.92 bits per heavy atom. The van der Waals surface area contributed by atoms with Crippen LogP contribution in [0.15, 0.2) is 35.0 Å². The van der Waals surface area contributed by atoms with Gasteiger partial charge in [-0.15, -0.1) is 0 Å². The summed E-state index contributed by atoms with van der Waals surface area (Å²) in [5.41, 5.74) is 2.39. The number of carbonyl (C=O) groups excluding carboxylic acids is 1. The van der Waals surface area contributed by atoms with Gasteiger partial charge in [0.25, 0.3) is 0 Å². The molecule has 0 aliphatic heterocycles. The van der Waals surface area contributed by atoms with Crippen LogP contribution in [0.3, 0.4) is 0 Å². The van der Waals surface area contributed by atoms with Gasteiger partial charge in [-0.2, -0.15) is 5.10 Å². The summed E-state index contributed by atoms with van der Waals surface area (Å²) in [6.07, 6.45) is 3.59. The number of amides is 2. The molecular formula is C18H21FN4O2. The molecule has 1 atom stereocenters. The van der Waals surface area contributed by atoms with Gasteiger partial charge in [0.05, 0.1) is 18.8 Å². The maximum Gasteiger partial charge on any atom is 0.318 e. The number of hydrogen-bond acceptors (Lipinski definition) is 3. The number of hydrogen-bond donors (Lipinski definition) is 1. The molecule has 6 nitrogen and oxygen atoms in total. The maximum atomic E-state index is 13.4. The lowest BCUT2D eigenvalue weighted by Gasteiger charge is -2.20. The number of carbonyl (C=O) groups is 1. The smallest absolute Gasteiger partial charge is 0.318 e. The van der Waals surface area contributed by atoms with Crippen molar-refractivity contribution in [1.82, 2.24) is 20.0 Å². The van der Waals surface area contributed by atoms with Gasteiger partial charge >= 0.3 is 6.03 Å². The van der Waals surface area contributed by atoms with E-state index in [1.165, 1.54) is 12.1 Å². The Morgan fingerprint density at radius 2 is 2.24 bits per heavy atom. The van der Waals surface area contributed by atoms with E-state index in [0.29, 0.717) is 17.9 Å². The van der Waals surface area contributed by atoms with Crippen molar-refractivity contribution in [2.45, 2.75) is 26.4 Å². The zero-order chi connectivity index (χ0) is 18.1. The molecule has 3 aromatic rings. The third-order valence-corrected chi connectivity index (χ3v) is 4.19. The molecule has 0 unspecified atom stereocenters. The molecule has 0 saturated heterocycles. The van der Waals surface area contributed by atoms with E-state index in [9.17, 15) is 9.18 Å². The first-order chi connectivity index (χ1) is 11.8. The molecule has 3 rings (SSSR count). The van der Waals surface area contributed by atoms with Crippen molar-refractivity contribution < 1.29 is 13.6 Å². The van der Waals surface area contributed by atoms with E-state index in [2.05, 4.69) is 10.4 Å². The lowest BCUT2D eigenvalue weighted by Crippen LogP contribution is -2.38. The van der Waals surface area contributed by atoms with Crippen molar-refractivity contribution in [1.29, 1.82) is 0 Å². The fourth-order valence-electron chi connectivity index (χ4n) is 2.89. The molecule has 1 aromatic carbocycles. The van der Waals surface area contributed by atoms with Gasteiger partial charge in [0.1, 0.15) is 17.2 Å². The van der Waals surface area contributed by atoms with Crippen molar-refractivity contribution in [2.24, 2.45) is 7.05 Å². The molecule has 2 amide bonds. The van der Waals surface area contributed by atoms with Gasteiger partial charge in [0.15, 0.2) is 0 Å².